The van der Waals surface area contributed by atoms with Crippen molar-refractivity contribution in [3.63, 3.8) is 0 Å². The number of nitrogens with one attached hydrogen (secondary N) is 1. The van der Waals surface area contributed by atoms with E-state index in [4.69, 9.17) is 11.6 Å². The smallest absolute Gasteiger partial charge is 0.223 e. The fourth-order valence-electron chi connectivity index (χ4n) is 2.79. The SMILES string of the molecule is O=C(NCCc1csc(-c2ccc(Cl)cc2)n1)C1CCCC1. The van der Waals surface area contributed by atoms with E-state index in [1.807, 2.05) is 24.3 Å². The molecular weight excluding hydrogens is 316 g/mol. The largest absolute Gasteiger partial charge is 0.355 e. The van der Waals surface area contributed by atoms with E-state index in [-0.39, 0.29) is 11.8 Å². The predicted octanol–water partition coefficient (Wildman–Crippen LogP) is 4.31. The van der Waals surface area contributed by atoms with Gasteiger partial charge in [0.25, 0.3) is 0 Å². The average Bonchev–Trinajstić information content (AvgIpc) is 3.19. The minimum Gasteiger partial charge on any atom is -0.355 e. The van der Waals surface area contributed by atoms with Crippen LogP contribution in [-0.2, 0) is 11.2 Å². The molecule has 22 heavy (non-hydrogen) atoms. The zero-order valence-electron chi connectivity index (χ0n) is 12.3. The Labute approximate surface area is 139 Å². The van der Waals surface area contributed by atoms with E-state index in [1.165, 1.54) is 12.8 Å². The van der Waals surface area contributed by atoms with Crippen LogP contribution in [0.1, 0.15) is 31.4 Å². The molecule has 0 unspecified atom stereocenters. The van der Waals surface area contributed by atoms with Crippen LogP contribution < -0.4 is 5.32 Å². The lowest BCUT2D eigenvalue weighted by molar-refractivity contribution is -0.124. The summed E-state index contributed by atoms with van der Waals surface area (Å²) in [5, 5.41) is 6.82. The average molecular weight is 335 g/mol. The highest BCUT2D eigenvalue weighted by molar-refractivity contribution is 7.13. The highest BCUT2D eigenvalue weighted by atomic mass is 35.5. The standard InChI is InChI=1S/C17H19ClN2OS/c18-14-7-5-13(6-8-14)17-20-15(11-22-17)9-10-19-16(21)12-3-1-2-4-12/h5-8,11-12H,1-4,9-10H2,(H,19,21). The molecule has 3 rings (SSSR count). The number of rotatable bonds is 5. The molecule has 1 saturated carbocycles. The topological polar surface area (TPSA) is 42.0 Å². The summed E-state index contributed by atoms with van der Waals surface area (Å²) >= 11 is 7.52. The molecule has 5 heteroatoms. The summed E-state index contributed by atoms with van der Waals surface area (Å²) in [6, 6.07) is 7.71. The fraction of sp³-hybridized carbons (Fsp3) is 0.412. The van der Waals surface area contributed by atoms with Crippen LogP contribution in [0.25, 0.3) is 10.6 Å². The summed E-state index contributed by atoms with van der Waals surface area (Å²) in [6.45, 7) is 0.666. The summed E-state index contributed by atoms with van der Waals surface area (Å²) in [5.74, 6) is 0.450. The molecule has 1 heterocycles. The van der Waals surface area contributed by atoms with Crippen LogP contribution >= 0.6 is 22.9 Å². The molecule has 0 saturated heterocycles. The summed E-state index contributed by atoms with van der Waals surface area (Å²) in [6.07, 6.45) is 5.25. The lowest BCUT2D eigenvalue weighted by atomic mass is 10.1. The summed E-state index contributed by atoms with van der Waals surface area (Å²) in [5.41, 5.74) is 2.11. The van der Waals surface area contributed by atoms with Crippen molar-refractivity contribution in [2.75, 3.05) is 6.54 Å². The zero-order valence-corrected chi connectivity index (χ0v) is 13.9. The molecule has 116 valence electrons. The lowest BCUT2D eigenvalue weighted by Gasteiger charge is -2.09. The van der Waals surface area contributed by atoms with E-state index in [0.29, 0.717) is 6.54 Å². The molecule has 2 aromatic rings. The van der Waals surface area contributed by atoms with Gasteiger partial charge in [-0.25, -0.2) is 4.98 Å². The van der Waals surface area contributed by atoms with Crippen molar-refractivity contribution < 1.29 is 4.79 Å². The number of aromatic nitrogens is 1. The Balaban J connectivity index is 1.51. The third kappa shape index (κ3) is 3.87. The summed E-state index contributed by atoms with van der Waals surface area (Å²) in [4.78, 5) is 16.6. The molecule has 1 aliphatic rings. The molecule has 0 bridgehead atoms. The van der Waals surface area contributed by atoms with Crippen LogP contribution in [0.2, 0.25) is 5.02 Å². The van der Waals surface area contributed by atoms with E-state index < -0.39 is 0 Å². The van der Waals surface area contributed by atoms with Crippen LogP contribution in [0.5, 0.6) is 0 Å². The number of hydrogen-bond acceptors (Lipinski definition) is 3. The monoisotopic (exact) mass is 334 g/mol. The molecule has 0 aliphatic heterocycles. The van der Waals surface area contributed by atoms with Crippen molar-refractivity contribution in [3.05, 3.63) is 40.4 Å². The first kappa shape index (κ1) is 15.5. The van der Waals surface area contributed by atoms with Gasteiger partial charge in [-0.05, 0) is 25.0 Å². The van der Waals surface area contributed by atoms with Crippen LogP contribution in [0.15, 0.2) is 29.6 Å². The number of benzene rings is 1. The maximum Gasteiger partial charge on any atom is 0.223 e. The number of carbonyl (C=O) groups is 1. The second kappa shape index (κ2) is 7.25. The van der Waals surface area contributed by atoms with Crippen LogP contribution in [0.3, 0.4) is 0 Å². The Hall–Kier alpha value is -1.39. The number of hydrogen-bond donors (Lipinski definition) is 1. The van der Waals surface area contributed by atoms with Gasteiger partial charge in [-0.1, -0.05) is 36.6 Å². The van der Waals surface area contributed by atoms with Crippen molar-refractivity contribution in [1.29, 1.82) is 0 Å². The number of nitrogens with zero attached hydrogens (tertiary/aromatic N) is 1. The first-order chi connectivity index (χ1) is 10.7. The van der Waals surface area contributed by atoms with Gasteiger partial charge in [-0.2, -0.15) is 0 Å². The number of carbonyl (C=O) groups excluding carboxylic acids is 1. The molecule has 0 radical (unpaired) electrons. The molecule has 1 aromatic heterocycles. The van der Waals surface area contributed by atoms with Gasteiger partial charge in [-0.3, -0.25) is 4.79 Å². The molecular formula is C17H19ClN2OS. The summed E-state index contributed by atoms with van der Waals surface area (Å²) < 4.78 is 0. The Kier molecular flexibility index (Phi) is 5.11. The molecule has 0 spiro atoms. The van der Waals surface area contributed by atoms with Crippen molar-refractivity contribution in [2.24, 2.45) is 5.92 Å². The molecule has 1 aliphatic carbocycles. The highest BCUT2D eigenvalue weighted by Gasteiger charge is 2.21. The normalized spacial score (nSPS) is 15.1. The Bertz CT molecular complexity index is 632. The van der Waals surface area contributed by atoms with Crippen molar-refractivity contribution in [1.82, 2.24) is 10.3 Å². The van der Waals surface area contributed by atoms with E-state index in [2.05, 4.69) is 15.7 Å². The molecule has 1 fully saturated rings. The van der Waals surface area contributed by atoms with E-state index in [0.717, 1.165) is 40.6 Å². The number of amides is 1. The van der Waals surface area contributed by atoms with Gasteiger partial charge < -0.3 is 5.32 Å². The third-order valence-electron chi connectivity index (χ3n) is 4.05. The first-order valence-corrected chi connectivity index (χ1v) is 8.96. The van der Waals surface area contributed by atoms with Gasteiger partial charge in [0.1, 0.15) is 5.01 Å². The van der Waals surface area contributed by atoms with Crippen LogP contribution in [0.4, 0.5) is 0 Å². The second-order valence-corrected chi connectivity index (χ2v) is 6.97. The van der Waals surface area contributed by atoms with Gasteiger partial charge >= 0.3 is 0 Å². The van der Waals surface area contributed by atoms with Gasteiger partial charge in [0.05, 0.1) is 5.69 Å². The number of thiazole rings is 1. The van der Waals surface area contributed by atoms with E-state index in [9.17, 15) is 4.79 Å². The molecule has 3 nitrogen and oxygen atoms in total. The minimum atomic E-state index is 0.214. The highest BCUT2D eigenvalue weighted by Crippen LogP contribution is 2.26. The summed E-state index contributed by atoms with van der Waals surface area (Å²) in [7, 11) is 0. The quantitative estimate of drug-likeness (QED) is 0.885. The third-order valence-corrected chi connectivity index (χ3v) is 5.24. The fourth-order valence-corrected chi connectivity index (χ4v) is 3.78. The van der Waals surface area contributed by atoms with Gasteiger partial charge in [-0.15, -0.1) is 11.3 Å². The van der Waals surface area contributed by atoms with Crippen LogP contribution in [-0.4, -0.2) is 17.4 Å². The van der Waals surface area contributed by atoms with E-state index >= 15 is 0 Å². The van der Waals surface area contributed by atoms with E-state index in [1.54, 1.807) is 11.3 Å². The lowest BCUT2D eigenvalue weighted by Crippen LogP contribution is -2.30. The van der Waals surface area contributed by atoms with Gasteiger partial charge in [0.2, 0.25) is 5.91 Å². The minimum absolute atomic E-state index is 0.214. The second-order valence-electron chi connectivity index (χ2n) is 5.67. The van der Waals surface area contributed by atoms with Gasteiger partial charge in [0.15, 0.2) is 0 Å². The maximum absolute atomic E-state index is 12.0. The maximum atomic E-state index is 12.0. The first-order valence-electron chi connectivity index (χ1n) is 7.70. The van der Waals surface area contributed by atoms with Gasteiger partial charge in [0, 0.05) is 34.8 Å². The van der Waals surface area contributed by atoms with Crippen LogP contribution in [0, 0.1) is 5.92 Å². The molecule has 1 N–H and O–H groups in total. The Morgan fingerprint density at radius 2 is 2.00 bits per heavy atom. The van der Waals surface area contributed by atoms with Crippen molar-refractivity contribution >= 4 is 28.8 Å². The Morgan fingerprint density at radius 3 is 2.73 bits per heavy atom. The number of halogens is 1. The predicted molar refractivity (Wildman–Crippen MR) is 91.2 cm³/mol. The molecule has 1 amide bonds. The zero-order chi connectivity index (χ0) is 15.4. The molecule has 1 aromatic carbocycles. The van der Waals surface area contributed by atoms with Crippen molar-refractivity contribution in [2.45, 2.75) is 32.1 Å². The molecule has 0 atom stereocenters. The Morgan fingerprint density at radius 1 is 1.27 bits per heavy atom. The van der Waals surface area contributed by atoms with Crippen molar-refractivity contribution in [3.8, 4) is 10.6 Å².